The molecule has 0 aliphatic carbocycles. The van der Waals surface area contributed by atoms with Gasteiger partial charge < -0.3 is 10.1 Å². The molecule has 0 unspecified atom stereocenters. The van der Waals surface area contributed by atoms with Crippen molar-refractivity contribution in [2.24, 2.45) is 0 Å². The second-order valence-electron chi connectivity index (χ2n) is 3.88. The minimum absolute atomic E-state index is 0.367. The Morgan fingerprint density at radius 1 is 1.00 bits per heavy atom. The molecule has 22 heavy (non-hydrogen) atoms. The van der Waals surface area contributed by atoms with E-state index >= 15 is 0 Å². The highest BCUT2D eigenvalue weighted by atomic mass is 32.2. The van der Waals surface area contributed by atoms with Gasteiger partial charge in [0.15, 0.2) is 32.1 Å². The van der Waals surface area contributed by atoms with Gasteiger partial charge in [0.2, 0.25) is 11.6 Å². The van der Waals surface area contributed by atoms with Crippen molar-refractivity contribution < 1.29 is 43.9 Å². The molecule has 0 amide bonds. The van der Waals surface area contributed by atoms with Crippen LogP contribution < -0.4 is 10.1 Å². The molecule has 0 bridgehead atoms. The first-order valence-corrected chi connectivity index (χ1v) is 7.06. The van der Waals surface area contributed by atoms with Crippen molar-refractivity contribution in [3.8, 4) is 5.75 Å². The van der Waals surface area contributed by atoms with Gasteiger partial charge in [0.25, 0.3) is 0 Å². The van der Waals surface area contributed by atoms with Crippen molar-refractivity contribution in [3.63, 3.8) is 0 Å². The van der Waals surface area contributed by atoms with Crippen molar-refractivity contribution >= 4 is 9.84 Å². The molecule has 0 radical (unpaired) electrons. The number of hydrogen-bond donors (Lipinski definition) is 1. The summed E-state index contributed by atoms with van der Waals surface area (Å²) in [5.41, 5.74) is 0. The third-order valence-corrected chi connectivity index (χ3v) is 4.06. The van der Waals surface area contributed by atoms with Gasteiger partial charge in [-0.05, 0) is 7.05 Å². The van der Waals surface area contributed by atoms with E-state index in [9.17, 15) is 39.2 Å². The van der Waals surface area contributed by atoms with Crippen LogP contribution in [0.4, 0.5) is 30.7 Å². The SMILES string of the molecule is CNCCS(=O)(=O)c1c(F)c(F)c(F)c(F)c1OC(F)(F)F. The minimum atomic E-state index is -5.65. The van der Waals surface area contributed by atoms with E-state index in [1.54, 1.807) is 0 Å². The first-order valence-electron chi connectivity index (χ1n) is 5.41. The lowest BCUT2D eigenvalue weighted by Gasteiger charge is -2.16. The van der Waals surface area contributed by atoms with Crippen LogP contribution in [-0.4, -0.2) is 34.1 Å². The molecule has 12 heteroatoms. The highest BCUT2D eigenvalue weighted by molar-refractivity contribution is 7.91. The van der Waals surface area contributed by atoms with Crippen molar-refractivity contribution in [2.45, 2.75) is 11.3 Å². The zero-order chi connectivity index (χ0) is 17.3. The number of nitrogens with one attached hydrogen (secondary N) is 1. The van der Waals surface area contributed by atoms with E-state index < -0.39 is 55.9 Å². The monoisotopic (exact) mass is 355 g/mol. The summed E-state index contributed by atoms with van der Waals surface area (Å²) in [4.78, 5) is -2.03. The first-order chi connectivity index (χ1) is 9.92. The topological polar surface area (TPSA) is 55.4 Å². The van der Waals surface area contributed by atoms with Crippen LogP contribution in [0.2, 0.25) is 0 Å². The summed E-state index contributed by atoms with van der Waals surface area (Å²) in [6.45, 7) is -0.367. The van der Waals surface area contributed by atoms with Gasteiger partial charge in [-0.15, -0.1) is 13.2 Å². The van der Waals surface area contributed by atoms with Crippen LogP contribution in [0.3, 0.4) is 0 Å². The van der Waals surface area contributed by atoms with E-state index in [1.165, 1.54) is 7.05 Å². The number of rotatable bonds is 5. The third-order valence-electron chi connectivity index (χ3n) is 2.33. The van der Waals surface area contributed by atoms with Crippen molar-refractivity contribution in [3.05, 3.63) is 23.3 Å². The highest BCUT2D eigenvalue weighted by Gasteiger charge is 2.40. The van der Waals surface area contributed by atoms with Crippen LogP contribution in [0, 0.1) is 23.3 Å². The maximum Gasteiger partial charge on any atom is 0.573 e. The molecule has 4 nitrogen and oxygen atoms in total. The van der Waals surface area contributed by atoms with E-state index in [1.807, 2.05) is 0 Å². The van der Waals surface area contributed by atoms with Crippen LogP contribution in [0.15, 0.2) is 4.90 Å². The van der Waals surface area contributed by atoms with Gasteiger partial charge in [-0.2, -0.15) is 4.39 Å². The van der Waals surface area contributed by atoms with Gasteiger partial charge in [0.05, 0.1) is 5.75 Å². The number of halogens is 7. The Bertz CT molecular complexity index is 672. The summed E-state index contributed by atoms with van der Waals surface area (Å²) in [6, 6.07) is 0. The van der Waals surface area contributed by atoms with Gasteiger partial charge in [-0.1, -0.05) is 0 Å². The lowest BCUT2D eigenvalue weighted by atomic mass is 10.3. The molecule has 0 saturated carbocycles. The molecule has 0 spiro atoms. The molecule has 0 aliphatic heterocycles. The van der Waals surface area contributed by atoms with Gasteiger partial charge in [0, 0.05) is 6.54 Å². The van der Waals surface area contributed by atoms with Gasteiger partial charge in [-0.25, -0.2) is 21.6 Å². The number of benzene rings is 1. The zero-order valence-electron chi connectivity index (χ0n) is 10.7. The van der Waals surface area contributed by atoms with Crippen molar-refractivity contribution in [1.29, 1.82) is 0 Å². The van der Waals surface area contributed by atoms with Gasteiger partial charge in [-0.3, -0.25) is 0 Å². The van der Waals surface area contributed by atoms with Crippen LogP contribution in [0.25, 0.3) is 0 Å². The van der Waals surface area contributed by atoms with E-state index in [0.717, 1.165) is 0 Å². The van der Waals surface area contributed by atoms with Gasteiger partial charge >= 0.3 is 6.36 Å². The molecular formula is C10H8F7NO3S. The Morgan fingerprint density at radius 3 is 1.95 bits per heavy atom. The molecule has 0 heterocycles. The van der Waals surface area contributed by atoms with Crippen LogP contribution in [0.5, 0.6) is 5.75 Å². The quantitative estimate of drug-likeness (QED) is 0.381. The lowest BCUT2D eigenvalue weighted by molar-refractivity contribution is -0.276. The number of hydrogen-bond acceptors (Lipinski definition) is 4. The number of alkyl halides is 3. The fourth-order valence-electron chi connectivity index (χ4n) is 1.41. The maximum absolute atomic E-state index is 13.6. The Balaban J connectivity index is 3.67. The fourth-order valence-corrected chi connectivity index (χ4v) is 2.87. The number of ether oxygens (including phenoxy) is 1. The predicted molar refractivity (Wildman–Crippen MR) is 58.9 cm³/mol. The Hall–Kier alpha value is -1.56. The van der Waals surface area contributed by atoms with E-state index in [2.05, 4.69) is 10.1 Å². The van der Waals surface area contributed by atoms with Gasteiger partial charge in [0.1, 0.15) is 0 Å². The van der Waals surface area contributed by atoms with Crippen LogP contribution in [-0.2, 0) is 9.84 Å². The van der Waals surface area contributed by atoms with E-state index in [0.29, 0.717) is 0 Å². The summed E-state index contributed by atoms with van der Waals surface area (Å²) < 4.78 is 116. The molecule has 0 saturated heterocycles. The molecule has 1 aromatic carbocycles. The van der Waals surface area contributed by atoms with Crippen LogP contribution in [0.1, 0.15) is 0 Å². The molecule has 126 valence electrons. The second kappa shape index (κ2) is 6.28. The normalized spacial score (nSPS) is 12.5. The van der Waals surface area contributed by atoms with E-state index in [4.69, 9.17) is 0 Å². The second-order valence-corrected chi connectivity index (χ2v) is 5.93. The smallest absolute Gasteiger partial charge is 0.401 e. The molecule has 1 rings (SSSR count). The minimum Gasteiger partial charge on any atom is -0.401 e. The molecule has 1 aromatic rings. The molecule has 1 N–H and O–H groups in total. The van der Waals surface area contributed by atoms with Crippen LogP contribution >= 0.6 is 0 Å². The average molecular weight is 355 g/mol. The fraction of sp³-hybridized carbons (Fsp3) is 0.400. The number of sulfone groups is 1. The zero-order valence-corrected chi connectivity index (χ0v) is 11.5. The van der Waals surface area contributed by atoms with E-state index in [-0.39, 0.29) is 6.54 Å². The molecule has 0 atom stereocenters. The lowest BCUT2D eigenvalue weighted by Crippen LogP contribution is -2.25. The molecule has 0 aromatic heterocycles. The molecule has 0 aliphatic rings. The summed E-state index contributed by atoms with van der Waals surface area (Å²) in [5, 5.41) is 2.30. The van der Waals surface area contributed by atoms with Crippen molar-refractivity contribution in [1.82, 2.24) is 5.32 Å². The third kappa shape index (κ3) is 3.80. The molecule has 0 fully saturated rings. The Morgan fingerprint density at radius 2 is 1.50 bits per heavy atom. The average Bonchev–Trinajstić information content (AvgIpc) is 2.38. The highest BCUT2D eigenvalue weighted by Crippen LogP contribution is 2.37. The summed E-state index contributed by atoms with van der Waals surface area (Å²) in [7, 11) is -3.66. The predicted octanol–water partition coefficient (Wildman–Crippen LogP) is 2.13. The Labute approximate surface area is 119 Å². The largest absolute Gasteiger partial charge is 0.573 e. The summed E-state index contributed by atoms with van der Waals surface area (Å²) >= 11 is 0. The summed E-state index contributed by atoms with van der Waals surface area (Å²) in [5.74, 6) is -13.5. The maximum atomic E-state index is 13.6. The Kier molecular flexibility index (Phi) is 5.28. The first kappa shape index (κ1) is 18.5. The van der Waals surface area contributed by atoms with Crippen molar-refractivity contribution in [2.75, 3.05) is 19.3 Å². The molecular weight excluding hydrogens is 347 g/mol. The standard InChI is InChI=1S/C10H8F7NO3S/c1-18-2-3-22(19,20)9-7(14)5(12)4(11)6(13)8(9)21-10(15,16)17/h18H,2-3H2,1H3. The summed E-state index contributed by atoms with van der Waals surface area (Å²) in [6.07, 6.45) is -5.65.